The number of non-ortho nitro benzene ring substituents is 1. The molecule has 2 rings (SSSR count). The second kappa shape index (κ2) is 6.48. The third-order valence-electron chi connectivity index (χ3n) is 4.37. The number of rotatable bonds is 6. The molecule has 1 fully saturated rings. The van der Waals surface area contributed by atoms with Crippen molar-refractivity contribution in [3.8, 4) is 0 Å². The Labute approximate surface area is 140 Å². The van der Waals surface area contributed by atoms with E-state index in [4.69, 9.17) is 9.92 Å². The average Bonchev–Trinajstić information content (AvgIpc) is 2.91. The lowest BCUT2D eigenvalue weighted by molar-refractivity contribution is -0.384. The molecule has 0 aliphatic heterocycles. The average molecular weight is 356 g/mol. The Morgan fingerprint density at radius 1 is 1.38 bits per heavy atom. The summed E-state index contributed by atoms with van der Waals surface area (Å²) in [6, 6.07) is 5.65. The number of nitro benzene ring substituents is 1. The zero-order valence-corrected chi connectivity index (χ0v) is 14.3. The maximum atomic E-state index is 12.2. The van der Waals surface area contributed by atoms with Crippen molar-refractivity contribution in [3.63, 3.8) is 0 Å². The Bertz CT molecular complexity index is 744. The number of nitrogens with two attached hydrogens (primary N) is 1. The number of amides is 1. The molecule has 0 saturated heterocycles. The number of carbonyl (C=O) groups is 1. The molecule has 2 atom stereocenters. The Kier molecular flexibility index (Phi) is 4.95. The van der Waals surface area contributed by atoms with Crippen LogP contribution in [0.4, 0.5) is 5.69 Å². The summed E-state index contributed by atoms with van der Waals surface area (Å²) < 4.78 is 29.7. The van der Waals surface area contributed by atoms with Gasteiger partial charge in [0.15, 0.2) is 5.60 Å². The highest BCUT2D eigenvalue weighted by molar-refractivity contribution is 7.87. The zero-order valence-electron chi connectivity index (χ0n) is 13.5. The van der Waals surface area contributed by atoms with Crippen LogP contribution in [0, 0.1) is 10.1 Å². The molecule has 0 bridgehead atoms. The lowest BCUT2D eigenvalue weighted by atomic mass is 9.84. The van der Waals surface area contributed by atoms with Crippen LogP contribution in [0.3, 0.4) is 0 Å². The zero-order chi connectivity index (χ0) is 18.1. The van der Waals surface area contributed by atoms with Crippen LogP contribution in [-0.2, 0) is 19.1 Å². The van der Waals surface area contributed by atoms with E-state index in [9.17, 15) is 23.3 Å². The quantitative estimate of drug-likeness (QED) is 0.470. The van der Waals surface area contributed by atoms with Gasteiger partial charge in [0.1, 0.15) is 0 Å². The van der Waals surface area contributed by atoms with Crippen LogP contribution >= 0.6 is 0 Å². The molecule has 2 N–H and O–H groups in total. The molecule has 24 heavy (non-hydrogen) atoms. The molecule has 8 nitrogen and oxygen atoms in total. The van der Waals surface area contributed by atoms with Gasteiger partial charge in [-0.3, -0.25) is 19.1 Å². The summed E-state index contributed by atoms with van der Waals surface area (Å²) in [5.74, 6) is -1.41. The van der Waals surface area contributed by atoms with Crippen LogP contribution in [-0.4, -0.2) is 30.1 Å². The van der Waals surface area contributed by atoms with Gasteiger partial charge in [0, 0.05) is 18.1 Å². The number of hydrogen-bond donors (Lipinski definition) is 1. The van der Waals surface area contributed by atoms with Crippen LogP contribution < -0.4 is 5.73 Å². The minimum Gasteiger partial charge on any atom is -0.367 e. The van der Waals surface area contributed by atoms with Crippen molar-refractivity contribution in [2.45, 2.75) is 49.9 Å². The second-order valence-corrected chi connectivity index (χ2v) is 8.27. The minimum absolute atomic E-state index is 0.0860. The van der Waals surface area contributed by atoms with E-state index in [1.807, 2.05) is 0 Å². The molecule has 1 aromatic carbocycles. The summed E-state index contributed by atoms with van der Waals surface area (Å²) in [7, 11) is -3.96. The molecule has 1 aliphatic rings. The van der Waals surface area contributed by atoms with E-state index in [1.165, 1.54) is 38.1 Å². The lowest BCUT2D eigenvalue weighted by Gasteiger charge is -2.32. The van der Waals surface area contributed by atoms with Crippen molar-refractivity contribution in [2.24, 2.45) is 5.73 Å². The molecule has 132 valence electrons. The van der Waals surface area contributed by atoms with Crippen LogP contribution in [0.5, 0.6) is 0 Å². The summed E-state index contributed by atoms with van der Waals surface area (Å²) in [6.07, 6.45) is 1.27. The molecule has 2 unspecified atom stereocenters. The Hall–Kier alpha value is -2.00. The second-order valence-electron chi connectivity index (χ2n) is 6.17. The fourth-order valence-corrected chi connectivity index (χ4v) is 3.87. The Morgan fingerprint density at radius 2 is 1.96 bits per heavy atom. The first-order chi connectivity index (χ1) is 11.1. The van der Waals surface area contributed by atoms with Gasteiger partial charge in [-0.1, -0.05) is 12.1 Å². The molecule has 0 aromatic heterocycles. The van der Waals surface area contributed by atoms with E-state index in [0.717, 1.165) is 0 Å². The van der Waals surface area contributed by atoms with E-state index < -0.39 is 37.7 Å². The number of hydrogen-bond acceptors (Lipinski definition) is 6. The smallest absolute Gasteiger partial charge is 0.270 e. The van der Waals surface area contributed by atoms with Crippen molar-refractivity contribution < 1.29 is 22.3 Å². The predicted molar refractivity (Wildman–Crippen MR) is 86.8 cm³/mol. The Morgan fingerprint density at radius 3 is 2.42 bits per heavy atom. The molecule has 0 heterocycles. The molecule has 1 saturated carbocycles. The minimum atomic E-state index is -3.96. The van der Waals surface area contributed by atoms with E-state index >= 15 is 0 Å². The van der Waals surface area contributed by atoms with Crippen LogP contribution in [0.1, 0.15) is 44.6 Å². The third-order valence-corrected chi connectivity index (χ3v) is 6.05. The van der Waals surface area contributed by atoms with Crippen LogP contribution in [0.15, 0.2) is 24.3 Å². The van der Waals surface area contributed by atoms with Crippen molar-refractivity contribution in [3.05, 3.63) is 39.9 Å². The third kappa shape index (κ3) is 3.27. The highest BCUT2D eigenvalue weighted by atomic mass is 32.2. The van der Waals surface area contributed by atoms with Crippen molar-refractivity contribution in [1.29, 1.82) is 0 Å². The number of carbonyl (C=O) groups excluding carboxylic acids is 1. The first-order valence-electron chi connectivity index (χ1n) is 7.59. The summed E-state index contributed by atoms with van der Waals surface area (Å²) >= 11 is 0. The van der Waals surface area contributed by atoms with Gasteiger partial charge in [-0.25, -0.2) is 0 Å². The van der Waals surface area contributed by atoms with Gasteiger partial charge in [-0.05, 0) is 38.7 Å². The van der Waals surface area contributed by atoms with E-state index in [-0.39, 0.29) is 12.1 Å². The van der Waals surface area contributed by atoms with Gasteiger partial charge in [-0.2, -0.15) is 8.42 Å². The lowest BCUT2D eigenvalue weighted by Crippen LogP contribution is -2.50. The molecule has 1 aliphatic carbocycles. The number of nitrogens with zero attached hydrogens (tertiary/aromatic N) is 1. The normalized spacial score (nSPS) is 24.2. The predicted octanol–water partition coefficient (Wildman–Crippen LogP) is 1.84. The topological polar surface area (TPSA) is 130 Å². The van der Waals surface area contributed by atoms with Gasteiger partial charge in [0.2, 0.25) is 0 Å². The highest BCUT2D eigenvalue weighted by Gasteiger charge is 2.53. The van der Waals surface area contributed by atoms with E-state index in [2.05, 4.69) is 0 Å². The monoisotopic (exact) mass is 356 g/mol. The fraction of sp³-hybridized carbons (Fsp3) is 0.533. The van der Waals surface area contributed by atoms with Gasteiger partial charge in [-0.15, -0.1) is 0 Å². The fourth-order valence-electron chi connectivity index (χ4n) is 2.98. The van der Waals surface area contributed by atoms with Crippen molar-refractivity contribution in [1.82, 2.24) is 0 Å². The largest absolute Gasteiger partial charge is 0.367 e. The maximum absolute atomic E-state index is 12.2. The van der Waals surface area contributed by atoms with E-state index in [1.54, 1.807) is 0 Å². The molecule has 1 aromatic rings. The summed E-state index contributed by atoms with van der Waals surface area (Å²) in [5, 5.41) is 9.95. The summed E-state index contributed by atoms with van der Waals surface area (Å²) in [4.78, 5) is 22.3. The van der Waals surface area contributed by atoms with Crippen LogP contribution in [0.25, 0.3) is 0 Å². The summed E-state index contributed by atoms with van der Waals surface area (Å²) in [5.41, 5.74) is 4.36. The number of primary amides is 1. The van der Waals surface area contributed by atoms with Gasteiger partial charge in [0.05, 0.1) is 10.2 Å². The van der Waals surface area contributed by atoms with Gasteiger partial charge < -0.3 is 5.73 Å². The molecule has 9 heteroatoms. The Balaban J connectivity index is 2.44. The van der Waals surface area contributed by atoms with Gasteiger partial charge >= 0.3 is 0 Å². The van der Waals surface area contributed by atoms with Crippen molar-refractivity contribution >= 4 is 21.7 Å². The maximum Gasteiger partial charge on any atom is 0.270 e. The molecule has 0 radical (unpaired) electrons. The molecule has 0 spiro atoms. The van der Waals surface area contributed by atoms with Gasteiger partial charge in [0.25, 0.3) is 21.7 Å². The summed E-state index contributed by atoms with van der Waals surface area (Å²) in [6.45, 7) is 2.92. The number of nitro groups is 1. The molecular formula is C15H20N2O6S. The first-order valence-corrected chi connectivity index (χ1v) is 9.06. The molecular weight excluding hydrogens is 336 g/mol. The van der Waals surface area contributed by atoms with Crippen LogP contribution in [0.2, 0.25) is 0 Å². The van der Waals surface area contributed by atoms with Crippen molar-refractivity contribution in [2.75, 3.05) is 0 Å². The number of benzene rings is 1. The highest BCUT2D eigenvalue weighted by Crippen LogP contribution is 2.46. The standard InChI is InChI=1S/C15H20N2O6S/c1-10(2)24(21,22)23-15(14(16)18)9-3-4-13(15)11-5-7-12(8-6-11)17(19)20/h5-8,10,13H,3-4,9H2,1-2H3,(H2,16,18). The first kappa shape index (κ1) is 18.3. The SMILES string of the molecule is CC(C)S(=O)(=O)OC1(C(N)=O)CCCC1c1ccc([N+](=O)[O-])cc1. The molecule has 1 amide bonds. The van der Waals surface area contributed by atoms with E-state index in [0.29, 0.717) is 18.4 Å².